The van der Waals surface area contributed by atoms with Crippen LogP contribution in [-0.2, 0) is 9.47 Å². The minimum Gasteiger partial charge on any atom is -0.336 e. The molecule has 4 nitrogen and oxygen atoms in total. The van der Waals surface area contributed by atoms with Crippen LogP contribution >= 0.6 is 0 Å². The second kappa shape index (κ2) is 23.3. The molecule has 0 aliphatic carbocycles. The van der Waals surface area contributed by atoms with E-state index in [0.717, 1.165) is 32.6 Å². The summed E-state index contributed by atoms with van der Waals surface area (Å²) < 4.78 is 13.6. The molecule has 0 amide bonds. The Hall–Kier alpha value is -0.160. The third-order valence-corrected chi connectivity index (χ3v) is 7.00. The normalized spacial score (nSPS) is 13.3. The van der Waals surface area contributed by atoms with Crippen LogP contribution in [0, 0.1) is 0 Å². The Bertz CT molecular complexity index is 397. The van der Waals surface area contributed by atoms with Gasteiger partial charge in [0.15, 0.2) is 0 Å². The molecule has 4 heteroatoms. The molecule has 1 atom stereocenters. The zero-order valence-electron chi connectivity index (χ0n) is 24.6. The van der Waals surface area contributed by atoms with Crippen molar-refractivity contribution < 1.29 is 9.47 Å². The molecule has 0 aliphatic heterocycles. The molecule has 1 unspecified atom stereocenters. The molecule has 0 fully saturated rings. The second-order valence-electron chi connectivity index (χ2n) is 10.0. The zero-order valence-corrected chi connectivity index (χ0v) is 24.6. The van der Waals surface area contributed by atoms with Crippen LogP contribution in [0.3, 0.4) is 0 Å². The fraction of sp³-hybridized carbons (Fsp3) is 1.00. The van der Waals surface area contributed by atoms with Gasteiger partial charge in [0.25, 0.3) is 0 Å². The summed E-state index contributed by atoms with van der Waals surface area (Å²) in [6.07, 6.45) is 18.9. The Labute approximate surface area is 215 Å². The van der Waals surface area contributed by atoms with E-state index < -0.39 is 5.91 Å². The van der Waals surface area contributed by atoms with Crippen LogP contribution in [0.15, 0.2) is 0 Å². The van der Waals surface area contributed by atoms with Crippen LogP contribution in [-0.4, -0.2) is 61.1 Å². The van der Waals surface area contributed by atoms with Crippen molar-refractivity contribution in [3.63, 3.8) is 0 Å². The van der Waals surface area contributed by atoms with Gasteiger partial charge in [-0.3, -0.25) is 9.80 Å². The number of rotatable bonds is 26. The maximum atomic E-state index is 6.79. The summed E-state index contributed by atoms with van der Waals surface area (Å²) in [6, 6.07) is 0.283. The van der Waals surface area contributed by atoms with E-state index in [9.17, 15) is 0 Å². The predicted molar refractivity (Wildman–Crippen MR) is 151 cm³/mol. The van der Waals surface area contributed by atoms with Crippen LogP contribution in [0.5, 0.6) is 0 Å². The quantitative estimate of drug-likeness (QED) is 0.0905. The van der Waals surface area contributed by atoms with Gasteiger partial charge in [0.05, 0.1) is 6.04 Å². The highest BCUT2D eigenvalue weighted by Gasteiger charge is 2.48. The smallest absolute Gasteiger partial charge is 0.246 e. The van der Waals surface area contributed by atoms with Gasteiger partial charge in [0.2, 0.25) is 5.91 Å². The van der Waals surface area contributed by atoms with Crippen molar-refractivity contribution in [3.05, 3.63) is 0 Å². The zero-order chi connectivity index (χ0) is 25.5. The lowest BCUT2D eigenvalue weighted by atomic mass is 9.98. The van der Waals surface area contributed by atoms with E-state index in [2.05, 4.69) is 58.3 Å². The molecule has 0 saturated heterocycles. The molecule has 0 N–H and O–H groups in total. The fourth-order valence-electron chi connectivity index (χ4n) is 5.02. The molecule has 0 aromatic heterocycles. The Kier molecular flexibility index (Phi) is 23.1. The van der Waals surface area contributed by atoms with Crippen LogP contribution in [0.4, 0.5) is 0 Å². The first kappa shape index (κ1) is 33.8. The van der Waals surface area contributed by atoms with Gasteiger partial charge in [-0.25, -0.2) is 0 Å². The molecule has 0 spiro atoms. The lowest BCUT2D eigenvalue weighted by molar-refractivity contribution is -0.344. The van der Waals surface area contributed by atoms with Crippen molar-refractivity contribution in [1.82, 2.24) is 9.80 Å². The van der Waals surface area contributed by atoms with Crippen LogP contribution in [0.25, 0.3) is 0 Å². The van der Waals surface area contributed by atoms with Gasteiger partial charge in [-0.15, -0.1) is 0 Å². The number of hydrogen-bond donors (Lipinski definition) is 0. The molecule has 0 heterocycles. The van der Waals surface area contributed by atoms with Gasteiger partial charge in [-0.2, -0.15) is 0 Å². The van der Waals surface area contributed by atoms with Gasteiger partial charge >= 0.3 is 0 Å². The molecule has 0 saturated carbocycles. The molecule has 0 radical (unpaired) electrons. The number of nitrogens with zero attached hydrogens (tertiary/aromatic N) is 2. The number of hydrogen-bond acceptors (Lipinski definition) is 4. The molecule has 34 heavy (non-hydrogen) atoms. The molecule has 0 aromatic rings. The van der Waals surface area contributed by atoms with E-state index in [1.54, 1.807) is 0 Å². The highest BCUT2D eigenvalue weighted by molar-refractivity contribution is 4.89. The highest BCUT2D eigenvalue weighted by Crippen LogP contribution is 2.33. The standard InChI is InChI=1S/C30H64N2O2/c1-8-15-20-21-22-23-24-29(31(25-16-9-2)26-17-10-3)30(33-13-6,34-14-7)32(27-18-11-4)28-19-12-5/h29H,8-28H2,1-7H3. The monoisotopic (exact) mass is 484 g/mol. The van der Waals surface area contributed by atoms with Gasteiger partial charge in [0, 0.05) is 26.3 Å². The lowest BCUT2D eigenvalue weighted by Crippen LogP contribution is -2.66. The SMILES string of the molecule is CCCCCCCCC(N(CCCC)CCCC)C(OCC)(OCC)N(CCCC)CCCC. The molecule has 0 bridgehead atoms. The molecular weight excluding hydrogens is 420 g/mol. The van der Waals surface area contributed by atoms with Gasteiger partial charge in [-0.1, -0.05) is 98.8 Å². The van der Waals surface area contributed by atoms with E-state index in [1.807, 2.05) is 0 Å². The van der Waals surface area contributed by atoms with E-state index in [1.165, 1.54) is 89.9 Å². The third kappa shape index (κ3) is 13.2. The maximum Gasteiger partial charge on any atom is 0.246 e. The first-order chi connectivity index (χ1) is 16.6. The highest BCUT2D eigenvalue weighted by atomic mass is 16.7. The lowest BCUT2D eigenvalue weighted by Gasteiger charge is -2.51. The predicted octanol–water partition coefficient (Wildman–Crippen LogP) is 8.64. The summed E-state index contributed by atoms with van der Waals surface area (Å²) >= 11 is 0. The second-order valence-corrected chi connectivity index (χ2v) is 10.0. The van der Waals surface area contributed by atoms with Crippen molar-refractivity contribution >= 4 is 0 Å². The Morgan fingerprint density at radius 1 is 0.500 bits per heavy atom. The molecule has 0 aromatic carbocycles. The van der Waals surface area contributed by atoms with E-state index in [-0.39, 0.29) is 6.04 Å². The molecule has 0 aliphatic rings. The number of ether oxygens (including phenoxy) is 2. The van der Waals surface area contributed by atoms with E-state index in [0.29, 0.717) is 13.2 Å². The average Bonchev–Trinajstić information content (AvgIpc) is 2.84. The summed E-state index contributed by atoms with van der Waals surface area (Å²) in [5.41, 5.74) is 0. The summed E-state index contributed by atoms with van der Waals surface area (Å²) in [5, 5.41) is 0. The first-order valence-corrected chi connectivity index (χ1v) is 15.4. The Morgan fingerprint density at radius 3 is 1.35 bits per heavy atom. The minimum atomic E-state index is -0.640. The average molecular weight is 485 g/mol. The van der Waals surface area contributed by atoms with Gasteiger partial charge in [-0.05, 0) is 59.0 Å². The maximum absolute atomic E-state index is 6.79. The summed E-state index contributed by atoms with van der Waals surface area (Å²) in [5.74, 6) is -0.640. The topological polar surface area (TPSA) is 24.9 Å². The molecular formula is C30H64N2O2. The van der Waals surface area contributed by atoms with E-state index in [4.69, 9.17) is 9.47 Å². The Morgan fingerprint density at radius 2 is 0.912 bits per heavy atom. The molecule has 0 rings (SSSR count). The molecule has 206 valence electrons. The largest absolute Gasteiger partial charge is 0.336 e. The summed E-state index contributed by atoms with van der Waals surface area (Å²) in [6.45, 7) is 21.6. The van der Waals surface area contributed by atoms with Crippen molar-refractivity contribution in [1.29, 1.82) is 0 Å². The summed E-state index contributed by atoms with van der Waals surface area (Å²) in [4.78, 5) is 5.36. The fourth-order valence-corrected chi connectivity index (χ4v) is 5.02. The van der Waals surface area contributed by atoms with Gasteiger partial charge < -0.3 is 9.47 Å². The third-order valence-electron chi connectivity index (χ3n) is 7.00. The summed E-state index contributed by atoms with van der Waals surface area (Å²) in [7, 11) is 0. The van der Waals surface area contributed by atoms with E-state index >= 15 is 0 Å². The van der Waals surface area contributed by atoms with Crippen molar-refractivity contribution in [3.8, 4) is 0 Å². The van der Waals surface area contributed by atoms with Crippen LogP contribution in [0.2, 0.25) is 0 Å². The Balaban J connectivity index is 6.14. The van der Waals surface area contributed by atoms with Crippen LogP contribution in [0.1, 0.15) is 145 Å². The van der Waals surface area contributed by atoms with Crippen molar-refractivity contribution in [2.75, 3.05) is 39.4 Å². The van der Waals surface area contributed by atoms with Crippen molar-refractivity contribution in [2.24, 2.45) is 0 Å². The van der Waals surface area contributed by atoms with Gasteiger partial charge in [0.1, 0.15) is 0 Å². The van der Waals surface area contributed by atoms with Crippen LogP contribution < -0.4 is 0 Å². The van der Waals surface area contributed by atoms with Crippen molar-refractivity contribution in [2.45, 2.75) is 157 Å². The minimum absolute atomic E-state index is 0.283. The number of unbranched alkanes of at least 4 members (excludes halogenated alkanes) is 9. The first-order valence-electron chi connectivity index (χ1n) is 15.4.